The fraction of sp³-hybridized carbons (Fsp3) is 0.500. The van der Waals surface area contributed by atoms with Gasteiger partial charge in [-0.2, -0.15) is 0 Å². The van der Waals surface area contributed by atoms with Gasteiger partial charge in [0.15, 0.2) is 0 Å². The van der Waals surface area contributed by atoms with E-state index in [9.17, 15) is 0 Å². The number of benzene rings is 1. The van der Waals surface area contributed by atoms with Gasteiger partial charge in [-0.25, -0.2) is 0 Å². The summed E-state index contributed by atoms with van der Waals surface area (Å²) in [5.41, 5.74) is 7.15. The van der Waals surface area contributed by atoms with E-state index in [-0.39, 0.29) is 0 Å². The summed E-state index contributed by atoms with van der Waals surface area (Å²) in [5, 5.41) is 1.46. The highest BCUT2D eigenvalue weighted by atomic mass is 35.5. The van der Waals surface area contributed by atoms with Crippen molar-refractivity contribution in [2.45, 2.75) is 37.6 Å². The summed E-state index contributed by atoms with van der Waals surface area (Å²) < 4.78 is 0. The molecule has 0 heterocycles. The fourth-order valence-electron chi connectivity index (χ4n) is 2.26. The molecule has 3 heteroatoms. The van der Waals surface area contributed by atoms with Gasteiger partial charge in [0, 0.05) is 16.1 Å². The first-order valence-corrected chi connectivity index (χ1v) is 6.12. The molecule has 0 amide bonds. The van der Waals surface area contributed by atoms with Crippen LogP contribution in [0.1, 0.15) is 37.2 Å². The third-order valence-corrected chi connectivity index (χ3v) is 3.56. The minimum absolute atomic E-state index is 0.385. The first-order chi connectivity index (χ1) is 7.15. The molecule has 1 aromatic rings. The molecular weight excluding hydrogens is 229 g/mol. The number of halogens is 2. The molecule has 2 rings (SSSR count). The quantitative estimate of drug-likeness (QED) is 0.794. The molecule has 0 atom stereocenters. The Balaban J connectivity index is 2.15. The molecule has 1 aliphatic rings. The van der Waals surface area contributed by atoms with E-state index in [1.165, 1.54) is 5.56 Å². The van der Waals surface area contributed by atoms with Crippen molar-refractivity contribution in [3.63, 3.8) is 0 Å². The van der Waals surface area contributed by atoms with Crippen LogP contribution in [0.5, 0.6) is 0 Å². The van der Waals surface area contributed by atoms with Crippen molar-refractivity contribution in [2.75, 3.05) is 0 Å². The summed E-state index contributed by atoms with van der Waals surface area (Å²) in [6, 6.07) is 6.21. The van der Waals surface area contributed by atoms with Crippen LogP contribution < -0.4 is 5.73 Å². The Kier molecular flexibility index (Phi) is 3.55. The number of nitrogens with two attached hydrogens (primary N) is 1. The smallest absolute Gasteiger partial charge is 0.0423 e. The van der Waals surface area contributed by atoms with Gasteiger partial charge in [0.05, 0.1) is 0 Å². The highest BCUT2D eigenvalue weighted by molar-refractivity contribution is 6.34. The molecular formula is C12H15Cl2N. The van der Waals surface area contributed by atoms with Gasteiger partial charge in [-0.15, -0.1) is 0 Å². The van der Waals surface area contributed by atoms with Gasteiger partial charge in [0.1, 0.15) is 0 Å². The highest BCUT2D eigenvalue weighted by Gasteiger charge is 2.20. The maximum Gasteiger partial charge on any atom is 0.0423 e. The van der Waals surface area contributed by atoms with Gasteiger partial charge < -0.3 is 5.73 Å². The van der Waals surface area contributed by atoms with Crippen LogP contribution in [0, 0.1) is 0 Å². The fourth-order valence-corrected chi connectivity index (χ4v) is 2.81. The van der Waals surface area contributed by atoms with Crippen LogP contribution in [-0.2, 0) is 0 Å². The summed E-state index contributed by atoms with van der Waals surface area (Å²) in [5.74, 6) is 0.584. The third-order valence-electron chi connectivity index (χ3n) is 3.13. The third kappa shape index (κ3) is 2.87. The van der Waals surface area contributed by atoms with Gasteiger partial charge in [-0.05, 0) is 55.4 Å². The topological polar surface area (TPSA) is 26.0 Å². The van der Waals surface area contributed by atoms with E-state index in [1.54, 1.807) is 6.07 Å². The van der Waals surface area contributed by atoms with Crippen LogP contribution >= 0.6 is 23.2 Å². The molecule has 0 saturated heterocycles. The summed E-state index contributed by atoms with van der Waals surface area (Å²) >= 11 is 12.0. The van der Waals surface area contributed by atoms with Gasteiger partial charge in [-0.1, -0.05) is 23.2 Å². The van der Waals surface area contributed by atoms with Gasteiger partial charge in [0.2, 0.25) is 0 Å². The van der Waals surface area contributed by atoms with Gasteiger partial charge in [-0.3, -0.25) is 0 Å². The molecule has 1 fully saturated rings. The number of rotatable bonds is 1. The Morgan fingerprint density at radius 3 is 2.00 bits per heavy atom. The average molecular weight is 244 g/mol. The standard InChI is InChI=1S/C12H15Cl2N/c13-10-5-9(6-11(14)7-10)8-1-3-12(15)4-2-8/h5-8,12H,1-4,15H2. The Hall–Kier alpha value is -0.240. The van der Waals surface area contributed by atoms with Crippen molar-refractivity contribution in [1.29, 1.82) is 0 Å². The largest absolute Gasteiger partial charge is 0.328 e. The molecule has 1 aliphatic carbocycles. The van der Waals surface area contributed by atoms with Crippen LogP contribution in [0.25, 0.3) is 0 Å². The van der Waals surface area contributed by atoms with Crippen molar-refractivity contribution in [2.24, 2.45) is 5.73 Å². The summed E-state index contributed by atoms with van der Waals surface area (Å²) in [6.07, 6.45) is 4.51. The second-order valence-electron chi connectivity index (χ2n) is 4.31. The monoisotopic (exact) mass is 243 g/mol. The number of hydrogen-bond acceptors (Lipinski definition) is 1. The first-order valence-electron chi connectivity index (χ1n) is 5.37. The van der Waals surface area contributed by atoms with Crippen molar-refractivity contribution < 1.29 is 0 Å². The van der Waals surface area contributed by atoms with E-state index in [1.807, 2.05) is 12.1 Å². The molecule has 0 bridgehead atoms. The van der Waals surface area contributed by atoms with E-state index in [2.05, 4.69) is 0 Å². The molecule has 0 unspecified atom stereocenters. The Bertz CT molecular complexity index is 323. The maximum atomic E-state index is 5.99. The Morgan fingerprint density at radius 1 is 0.933 bits per heavy atom. The lowest BCUT2D eigenvalue weighted by Crippen LogP contribution is -2.25. The van der Waals surface area contributed by atoms with Crippen LogP contribution in [-0.4, -0.2) is 6.04 Å². The molecule has 82 valence electrons. The normalized spacial score (nSPS) is 26.6. The molecule has 0 radical (unpaired) electrons. The second kappa shape index (κ2) is 4.73. The molecule has 15 heavy (non-hydrogen) atoms. The lowest BCUT2D eigenvalue weighted by atomic mass is 9.82. The molecule has 1 aromatic carbocycles. The van der Waals surface area contributed by atoms with Crippen molar-refractivity contribution in [3.8, 4) is 0 Å². The predicted molar refractivity (Wildman–Crippen MR) is 65.6 cm³/mol. The molecule has 0 spiro atoms. The molecule has 1 nitrogen and oxygen atoms in total. The van der Waals surface area contributed by atoms with E-state index in [0.29, 0.717) is 12.0 Å². The molecule has 0 aliphatic heterocycles. The van der Waals surface area contributed by atoms with Crippen LogP contribution in [0.2, 0.25) is 10.0 Å². The molecule has 1 saturated carbocycles. The minimum atomic E-state index is 0.385. The zero-order valence-electron chi connectivity index (χ0n) is 8.55. The van der Waals surface area contributed by atoms with E-state index >= 15 is 0 Å². The lowest BCUT2D eigenvalue weighted by molar-refractivity contribution is 0.395. The second-order valence-corrected chi connectivity index (χ2v) is 5.19. The Labute approximate surface area is 101 Å². The van der Waals surface area contributed by atoms with Crippen molar-refractivity contribution >= 4 is 23.2 Å². The van der Waals surface area contributed by atoms with Crippen LogP contribution in [0.3, 0.4) is 0 Å². The zero-order chi connectivity index (χ0) is 10.8. The maximum absolute atomic E-state index is 5.99. The van der Waals surface area contributed by atoms with Crippen LogP contribution in [0.4, 0.5) is 0 Å². The lowest BCUT2D eigenvalue weighted by Gasteiger charge is -2.26. The predicted octanol–water partition coefficient (Wildman–Crippen LogP) is 3.98. The molecule has 0 aromatic heterocycles. The summed E-state index contributed by atoms with van der Waals surface area (Å²) in [7, 11) is 0. The molecule has 2 N–H and O–H groups in total. The summed E-state index contributed by atoms with van der Waals surface area (Å²) in [4.78, 5) is 0. The highest BCUT2D eigenvalue weighted by Crippen LogP contribution is 2.34. The van der Waals surface area contributed by atoms with E-state index in [4.69, 9.17) is 28.9 Å². The average Bonchev–Trinajstić information content (AvgIpc) is 2.17. The zero-order valence-corrected chi connectivity index (χ0v) is 10.1. The SMILES string of the molecule is NC1CCC(c2cc(Cl)cc(Cl)c2)CC1. The van der Waals surface area contributed by atoms with E-state index in [0.717, 1.165) is 35.7 Å². The van der Waals surface area contributed by atoms with Crippen LogP contribution in [0.15, 0.2) is 18.2 Å². The van der Waals surface area contributed by atoms with Crippen molar-refractivity contribution in [3.05, 3.63) is 33.8 Å². The van der Waals surface area contributed by atoms with Gasteiger partial charge in [0.25, 0.3) is 0 Å². The van der Waals surface area contributed by atoms with Gasteiger partial charge >= 0.3 is 0 Å². The van der Waals surface area contributed by atoms with E-state index < -0.39 is 0 Å². The number of hydrogen-bond donors (Lipinski definition) is 1. The Morgan fingerprint density at radius 2 is 1.47 bits per heavy atom. The summed E-state index contributed by atoms with van der Waals surface area (Å²) in [6.45, 7) is 0. The van der Waals surface area contributed by atoms with Crippen molar-refractivity contribution in [1.82, 2.24) is 0 Å². The first kappa shape index (κ1) is 11.3. The minimum Gasteiger partial charge on any atom is -0.328 e.